The Bertz CT molecular complexity index is 247. The molecule has 1 N–H and O–H groups in total. The van der Waals surface area contributed by atoms with Crippen LogP contribution in [0.15, 0.2) is 12.4 Å². The summed E-state index contributed by atoms with van der Waals surface area (Å²) in [5, 5.41) is 7.38. The van der Waals surface area contributed by atoms with Crippen LogP contribution in [0.3, 0.4) is 0 Å². The third kappa shape index (κ3) is 3.79. The van der Waals surface area contributed by atoms with E-state index in [2.05, 4.69) is 24.3 Å². The minimum Gasteiger partial charge on any atom is -0.490 e. The molecular weight excluding hydrogens is 178 g/mol. The van der Waals surface area contributed by atoms with Crippen molar-refractivity contribution in [3.63, 3.8) is 0 Å². The standard InChI is InChI=1S/C10H19N3O/c1-3-11-6-5-7-14-10-8-12-13(4-2)9-10/h8-9,11H,3-7H2,1-2H3. The molecule has 80 valence electrons. The van der Waals surface area contributed by atoms with Gasteiger partial charge in [-0.3, -0.25) is 4.68 Å². The quantitative estimate of drug-likeness (QED) is 0.669. The zero-order valence-electron chi connectivity index (χ0n) is 8.99. The van der Waals surface area contributed by atoms with Gasteiger partial charge in [-0.05, 0) is 26.4 Å². The summed E-state index contributed by atoms with van der Waals surface area (Å²) in [5.74, 6) is 0.864. The van der Waals surface area contributed by atoms with Crippen molar-refractivity contribution in [2.45, 2.75) is 26.8 Å². The second-order valence-corrected chi connectivity index (χ2v) is 3.09. The summed E-state index contributed by atoms with van der Waals surface area (Å²) in [6.07, 6.45) is 4.72. The van der Waals surface area contributed by atoms with E-state index in [0.717, 1.165) is 38.4 Å². The second-order valence-electron chi connectivity index (χ2n) is 3.09. The van der Waals surface area contributed by atoms with E-state index in [-0.39, 0.29) is 0 Å². The van der Waals surface area contributed by atoms with Crippen LogP contribution in [0.4, 0.5) is 0 Å². The first-order valence-electron chi connectivity index (χ1n) is 5.22. The Morgan fingerprint density at radius 2 is 2.36 bits per heavy atom. The van der Waals surface area contributed by atoms with Crippen molar-refractivity contribution in [3.05, 3.63) is 12.4 Å². The fourth-order valence-electron chi connectivity index (χ4n) is 1.16. The molecule has 4 heteroatoms. The van der Waals surface area contributed by atoms with Crippen molar-refractivity contribution in [1.82, 2.24) is 15.1 Å². The lowest BCUT2D eigenvalue weighted by atomic mass is 10.4. The number of hydrogen-bond acceptors (Lipinski definition) is 3. The highest BCUT2D eigenvalue weighted by Crippen LogP contribution is 2.07. The van der Waals surface area contributed by atoms with Gasteiger partial charge in [-0.1, -0.05) is 6.92 Å². The Kier molecular flexibility index (Phi) is 5.07. The van der Waals surface area contributed by atoms with Crippen LogP contribution in [0.5, 0.6) is 5.75 Å². The fraction of sp³-hybridized carbons (Fsp3) is 0.700. The molecule has 0 aromatic carbocycles. The Labute approximate surface area is 85.3 Å². The van der Waals surface area contributed by atoms with Gasteiger partial charge in [0.05, 0.1) is 19.0 Å². The molecule has 0 amide bonds. The first-order chi connectivity index (χ1) is 6.86. The summed E-state index contributed by atoms with van der Waals surface area (Å²) in [7, 11) is 0. The molecule has 0 atom stereocenters. The Morgan fingerprint density at radius 3 is 3.00 bits per heavy atom. The van der Waals surface area contributed by atoms with Crippen molar-refractivity contribution >= 4 is 0 Å². The van der Waals surface area contributed by atoms with E-state index >= 15 is 0 Å². The molecule has 0 saturated heterocycles. The molecule has 0 spiro atoms. The van der Waals surface area contributed by atoms with Gasteiger partial charge in [-0.15, -0.1) is 0 Å². The average Bonchev–Trinajstić information content (AvgIpc) is 2.65. The number of nitrogens with one attached hydrogen (secondary N) is 1. The molecule has 0 saturated carbocycles. The van der Waals surface area contributed by atoms with Crippen molar-refractivity contribution < 1.29 is 4.74 Å². The molecule has 4 nitrogen and oxygen atoms in total. The summed E-state index contributed by atoms with van der Waals surface area (Å²) in [5.41, 5.74) is 0. The van der Waals surface area contributed by atoms with Crippen molar-refractivity contribution in [1.29, 1.82) is 0 Å². The smallest absolute Gasteiger partial charge is 0.157 e. The number of rotatable bonds is 7. The number of aromatic nitrogens is 2. The van der Waals surface area contributed by atoms with Crippen LogP contribution < -0.4 is 10.1 Å². The van der Waals surface area contributed by atoms with Crippen LogP contribution in [0.2, 0.25) is 0 Å². The molecule has 0 radical (unpaired) electrons. The number of ether oxygens (including phenoxy) is 1. The van der Waals surface area contributed by atoms with Crippen LogP contribution in [0, 0.1) is 0 Å². The zero-order valence-corrected chi connectivity index (χ0v) is 8.99. The van der Waals surface area contributed by atoms with Crippen LogP contribution >= 0.6 is 0 Å². The molecule has 1 rings (SSSR count). The van der Waals surface area contributed by atoms with Crippen molar-refractivity contribution in [2.75, 3.05) is 19.7 Å². The van der Waals surface area contributed by atoms with E-state index in [1.807, 2.05) is 10.9 Å². The molecule has 0 aliphatic heterocycles. The predicted molar refractivity (Wildman–Crippen MR) is 56.6 cm³/mol. The molecule has 0 bridgehead atoms. The molecule has 0 unspecified atom stereocenters. The van der Waals surface area contributed by atoms with Crippen molar-refractivity contribution in [2.24, 2.45) is 0 Å². The lowest BCUT2D eigenvalue weighted by molar-refractivity contribution is 0.308. The highest BCUT2D eigenvalue weighted by molar-refractivity contribution is 5.11. The molecule has 1 aromatic heterocycles. The van der Waals surface area contributed by atoms with E-state index in [1.54, 1.807) is 6.20 Å². The molecule has 1 heterocycles. The fourth-order valence-corrected chi connectivity index (χ4v) is 1.16. The highest BCUT2D eigenvalue weighted by Gasteiger charge is 1.96. The molecule has 1 aromatic rings. The molecular formula is C10H19N3O. The third-order valence-electron chi connectivity index (χ3n) is 1.95. The van der Waals surface area contributed by atoms with E-state index in [4.69, 9.17) is 4.74 Å². The molecule has 0 aliphatic carbocycles. The van der Waals surface area contributed by atoms with Gasteiger partial charge in [0.1, 0.15) is 0 Å². The van der Waals surface area contributed by atoms with E-state index < -0.39 is 0 Å². The Hall–Kier alpha value is -1.03. The summed E-state index contributed by atoms with van der Waals surface area (Å²) in [6, 6.07) is 0. The van der Waals surface area contributed by atoms with E-state index in [0.29, 0.717) is 0 Å². The van der Waals surface area contributed by atoms with E-state index in [1.165, 1.54) is 0 Å². The first kappa shape index (κ1) is 11.0. The second kappa shape index (κ2) is 6.43. The van der Waals surface area contributed by atoms with Gasteiger partial charge in [0.2, 0.25) is 0 Å². The SMILES string of the molecule is CCNCCCOc1cnn(CC)c1. The number of nitrogens with zero attached hydrogens (tertiary/aromatic N) is 2. The summed E-state index contributed by atoms with van der Waals surface area (Å²) in [6.45, 7) is 7.84. The topological polar surface area (TPSA) is 39.1 Å². The van der Waals surface area contributed by atoms with Crippen LogP contribution in [-0.4, -0.2) is 29.5 Å². The maximum absolute atomic E-state index is 5.51. The van der Waals surface area contributed by atoms with Crippen LogP contribution in [0.1, 0.15) is 20.3 Å². The monoisotopic (exact) mass is 197 g/mol. The Balaban J connectivity index is 2.12. The Morgan fingerprint density at radius 1 is 1.50 bits per heavy atom. The first-order valence-corrected chi connectivity index (χ1v) is 5.22. The lowest BCUT2D eigenvalue weighted by Crippen LogP contribution is -2.16. The van der Waals surface area contributed by atoms with Gasteiger partial charge in [0.25, 0.3) is 0 Å². The number of hydrogen-bond donors (Lipinski definition) is 1. The van der Waals surface area contributed by atoms with Gasteiger partial charge in [-0.2, -0.15) is 5.10 Å². The zero-order chi connectivity index (χ0) is 10.2. The lowest BCUT2D eigenvalue weighted by Gasteiger charge is -2.03. The average molecular weight is 197 g/mol. The maximum atomic E-state index is 5.51. The third-order valence-corrected chi connectivity index (χ3v) is 1.95. The van der Waals surface area contributed by atoms with Crippen molar-refractivity contribution in [3.8, 4) is 5.75 Å². The molecule has 0 fully saturated rings. The van der Waals surface area contributed by atoms with Gasteiger partial charge in [-0.25, -0.2) is 0 Å². The van der Waals surface area contributed by atoms with Gasteiger partial charge >= 0.3 is 0 Å². The van der Waals surface area contributed by atoms with Gasteiger partial charge in [0, 0.05) is 6.54 Å². The summed E-state index contributed by atoms with van der Waals surface area (Å²) < 4.78 is 7.37. The summed E-state index contributed by atoms with van der Waals surface area (Å²) in [4.78, 5) is 0. The molecule has 14 heavy (non-hydrogen) atoms. The normalized spacial score (nSPS) is 10.4. The van der Waals surface area contributed by atoms with Gasteiger partial charge in [0.15, 0.2) is 5.75 Å². The number of aryl methyl sites for hydroxylation is 1. The van der Waals surface area contributed by atoms with E-state index in [9.17, 15) is 0 Å². The minimum atomic E-state index is 0.752. The molecule has 0 aliphatic rings. The maximum Gasteiger partial charge on any atom is 0.157 e. The van der Waals surface area contributed by atoms with Crippen LogP contribution in [-0.2, 0) is 6.54 Å². The summed E-state index contributed by atoms with van der Waals surface area (Å²) >= 11 is 0. The predicted octanol–water partition coefficient (Wildman–Crippen LogP) is 1.28. The largest absolute Gasteiger partial charge is 0.490 e. The highest BCUT2D eigenvalue weighted by atomic mass is 16.5. The van der Waals surface area contributed by atoms with Crippen LogP contribution in [0.25, 0.3) is 0 Å². The van der Waals surface area contributed by atoms with Gasteiger partial charge < -0.3 is 10.1 Å². The minimum absolute atomic E-state index is 0.752.